The highest BCUT2D eigenvalue weighted by atomic mass is 16.4. The summed E-state index contributed by atoms with van der Waals surface area (Å²) in [4.78, 5) is 38.8. The summed E-state index contributed by atoms with van der Waals surface area (Å²) >= 11 is 0. The molecule has 3 N–H and O–H groups in total. The number of hydrogen-bond donors (Lipinski definition) is 3. The Morgan fingerprint density at radius 3 is 2.36 bits per heavy atom. The molecule has 0 bridgehead atoms. The van der Waals surface area contributed by atoms with Gasteiger partial charge in [-0.15, -0.1) is 0 Å². The molecule has 0 aliphatic heterocycles. The number of aliphatic hydroxyl groups excluding tert-OH is 2. The lowest BCUT2D eigenvalue weighted by Crippen LogP contribution is -2.60. The number of carboxylic acid groups (broad SMARTS) is 1. The molecular weight excluding hydrogens is 420 g/mol. The molecule has 0 spiro atoms. The monoisotopic (exact) mass is 460 g/mol. The minimum absolute atomic E-state index is 0.0142. The van der Waals surface area contributed by atoms with Crippen molar-refractivity contribution in [2.45, 2.75) is 98.7 Å². The van der Waals surface area contributed by atoms with Crippen LogP contribution >= 0.6 is 0 Å². The second kappa shape index (κ2) is 7.48. The number of hydrogen-bond acceptors (Lipinski definition) is 5. The largest absolute Gasteiger partial charge is 0.481 e. The highest BCUT2D eigenvalue weighted by Crippen LogP contribution is 2.70. The molecule has 2 saturated carbocycles. The van der Waals surface area contributed by atoms with Crippen molar-refractivity contribution in [3.05, 3.63) is 11.1 Å². The molecule has 6 nitrogen and oxygen atoms in total. The zero-order valence-electron chi connectivity index (χ0n) is 20.9. The predicted molar refractivity (Wildman–Crippen MR) is 123 cm³/mol. The van der Waals surface area contributed by atoms with Gasteiger partial charge >= 0.3 is 5.97 Å². The van der Waals surface area contributed by atoms with E-state index in [-0.39, 0.29) is 42.2 Å². The SMILES string of the molecule is C[C@H](CCC(=O)O)[C@H]1CC(=O)C2(C)C3=C(C(=O)C[C@]12C)[C@@]1(C)CCC(O)C(C)(C)C1CC3O. The van der Waals surface area contributed by atoms with Crippen molar-refractivity contribution < 1.29 is 29.7 Å². The third-order valence-corrected chi connectivity index (χ3v) is 10.9. The van der Waals surface area contributed by atoms with Gasteiger partial charge in [-0.05, 0) is 72.2 Å². The quantitative estimate of drug-likeness (QED) is 0.586. The van der Waals surface area contributed by atoms with Crippen molar-refractivity contribution in [3.8, 4) is 0 Å². The maximum Gasteiger partial charge on any atom is 0.303 e. The van der Waals surface area contributed by atoms with E-state index in [1.165, 1.54) is 0 Å². The van der Waals surface area contributed by atoms with Gasteiger partial charge in [0.2, 0.25) is 0 Å². The van der Waals surface area contributed by atoms with Crippen LogP contribution in [0.3, 0.4) is 0 Å². The van der Waals surface area contributed by atoms with Gasteiger partial charge in [0.15, 0.2) is 5.78 Å². The lowest BCUT2D eigenvalue weighted by Gasteiger charge is -2.61. The number of carboxylic acids is 1. The first-order chi connectivity index (χ1) is 15.1. The van der Waals surface area contributed by atoms with E-state index in [9.17, 15) is 24.6 Å². The van der Waals surface area contributed by atoms with Crippen LogP contribution < -0.4 is 0 Å². The van der Waals surface area contributed by atoms with Gasteiger partial charge in [-0.3, -0.25) is 14.4 Å². The van der Waals surface area contributed by atoms with Gasteiger partial charge in [-0.25, -0.2) is 0 Å². The highest BCUT2D eigenvalue weighted by molar-refractivity contribution is 6.05. The molecule has 4 aliphatic rings. The average Bonchev–Trinajstić information content (AvgIpc) is 2.92. The lowest BCUT2D eigenvalue weighted by atomic mass is 9.42. The van der Waals surface area contributed by atoms with Gasteiger partial charge in [0.1, 0.15) is 5.78 Å². The fourth-order valence-corrected chi connectivity index (χ4v) is 8.65. The van der Waals surface area contributed by atoms with E-state index in [0.717, 1.165) is 0 Å². The number of carbonyl (C=O) groups is 3. The zero-order chi connectivity index (χ0) is 24.7. The summed E-state index contributed by atoms with van der Waals surface area (Å²) in [6.07, 6.45) is 1.38. The summed E-state index contributed by atoms with van der Waals surface area (Å²) in [5.41, 5.74) is -1.23. The van der Waals surface area contributed by atoms with Crippen molar-refractivity contribution in [3.63, 3.8) is 0 Å². The molecule has 0 aromatic rings. The molecule has 0 aromatic heterocycles. The Morgan fingerprint density at radius 1 is 1.12 bits per heavy atom. The van der Waals surface area contributed by atoms with E-state index in [1.54, 1.807) is 0 Å². The second-order valence-electron chi connectivity index (χ2n) is 12.7. The van der Waals surface area contributed by atoms with Crippen molar-refractivity contribution in [1.29, 1.82) is 0 Å². The molecule has 0 amide bonds. The van der Waals surface area contributed by atoms with Crippen LogP contribution in [0.4, 0.5) is 0 Å². The van der Waals surface area contributed by atoms with Gasteiger partial charge in [0, 0.05) is 24.8 Å². The molecule has 4 unspecified atom stereocenters. The number of aliphatic carboxylic acids is 1. The molecule has 184 valence electrons. The second-order valence-corrected chi connectivity index (χ2v) is 12.7. The van der Waals surface area contributed by atoms with Crippen LogP contribution in [0, 0.1) is 39.4 Å². The average molecular weight is 461 g/mol. The van der Waals surface area contributed by atoms with Gasteiger partial charge in [0.25, 0.3) is 0 Å². The first kappa shape index (κ1) is 24.6. The zero-order valence-corrected chi connectivity index (χ0v) is 20.9. The Labute approximate surface area is 196 Å². The summed E-state index contributed by atoms with van der Waals surface area (Å²) in [7, 11) is 0. The van der Waals surface area contributed by atoms with Crippen LogP contribution in [0.5, 0.6) is 0 Å². The van der Waals surface area contributed by atoms with Gasteiger partial charge in [-0.2, -0.15) is 0 Å². The maximum absolute atomic E-state index is 13.9. The van der Waals surface area contributed by atoms with Crippen molar-refractivity contribution >= 4 is 17.5 Å². The normalized spacial score (nSPS) is 45.3. The molecule has 0 aromatic carbocycles. The Kier molecular flexibility index (Phi) is 5.58. The number of rotatable bonds is 4. The molecule has 33 heavy (non-hydrogen) atoms. The Morgan fingerprint density at radius 2 is 1.76 bits per heavy atom. The van der Waals surface area contributed by atoms with Crippen LogP contribution in [0.15, 0.2) is 11.1 Å². The minimum atomic E-state index is -0.938. The third kappa shape index (κ3) is 3.09. The third-order valence-electron chi connectivity index (χ3n) is 10.9. The first-order valence-corrected chi connectivity index (χ1v) is 12.5. The summed E-state index contributed by atoms with van der Waals surface area (Å²) < 4.78 is 0. The molecule has 2 fully saturated rings. The van der Waals surface area contributed by atoms with Crippen LogP contribution in [0.1, 0.15) is 86.5 Å². The molecule has 4 rings (SSSR count). The standard InChI is InChI=1S/C27H40O6/c1-14(7-8-21(32)33)15-11-20(31)27(6)23-16(28)12-18-24(2,3)19(30)9-10-25(18,4)22(23)17(29)13-26(15,27)5/h14-16,18-19,28,30H,7-13H2,1-6H3,(H,32,33)/t14-,15-,16?,18?,19?,25+,26-,27?/m1/s1. The number of ketones is 2. The summed E-state index contributed by atoms with van der Waals surface area (Å²) in [6, 6.07) is 0. The Balaban J connectivity index is 1.85. The van der Waals surface area contributed by atoms with Gasteiger partial charge < -0.3 is 15.3 Å². The van der Waals surface area contributed by atoms with Crippen molar-refractivity contribution in [2.75, 3.05) is 0 Å². The van der Waals surface area contributed by atoms with Crippen LogP contribution in [0.2, 0.25) is 0 Å². The van der Waals surface area contributed by atoms with E-state index >= 15 is 0 Å². The van der Waals surface area contributed by atoms with E-state index in [2.05, 4.69) is 6.92 Å². The summed E-state index contributed by atoms with van der Waals surface area (Å²) in [5.74, 6) is -0.940. The van der Waals surface area contributed by atoms with Gasteiger partial charge in [0.05, 0.1) is 17.6 Å². The van der Waals surface area contributed by atoms with E-state index in [0.29, 0.717) is 43.3 Å². The lowest BCUT2D eigenvalue weighted by molar-refractivity contribution is -0.142. The van der Waals surface area contributed by atoms with Gasteiger partial charge in [-0.1, -0.05) is 34.6 Å². The molecule has 8 atom stereocenters. The highest BCUT2D eigenvalue weighted by Gasteiger charge is 2.70. The fraction of sp³-hybridized carbons (Fsp3) is 0.815. The van der Waals surface area contributed by atoms with E-state index in [4.69, 9.17) is 5.11 Å². The first-order valence-electron chi connectivity index (χ1n) is 12.5. The Bertz CT molecular complexity index is 933. The number of Topliss-reactive ketones (excluding diaryl/α,β-unsaturated/α-hetero) is 2. The number of fused-ring (bicyclic) bond motifs is 4. The number of aliphatic hydroxyl groups is 2. The van der Waals surface area contributed by atoms with E-state index < -0.39 is 39.8 Å². The topological polar surface area (TPSA) is 112 Å². The molecule has 6 heteroatoms. The minimum Gasteiger partial charge on any atom is -0.481 e. The summed E-state index contributed by atoms with van der Waals surface area (Å²) in [6.45, 7) is 12.1. The smallest absolute Gasteiger partial charge is 0.303 e. The van der Waals surface area contributed by atoms with Crippen LogP contribution in [-0.4, -0.2) is 45.1 Å². The molecular formula is C27H40O6. The summed E-state index contributed by atoms with van der Waals surface area (Å²) in [5, 5.41) is 31.4. The molecule has 4 aliphatic carbocycles. The van der Waals surface area contributed by atoms with Crippen molar-refractivity contribution in [1.82, 2.24) is 0 Å². The molecule has 0 radical (unpaired) electrons. The Hall–Kier alpha value is -1.53. The van der Waals surface area contributed by atoms with Crippen LogP contribution in [-0.2, 0) is 14.4 Å². The van der Waals surface area contributed by atoms with E-state index in [1.807, 2.05) is 34.6 Å². The molecule has 0 heterocycles. The van der Waals surface area contributed by atoms with Crippen LogP contribution in [0.25, 0.3) is 0 Å². The predicted octanol–water partition coefficient (Wildman–Crippen LogP) is 3.93. The maximum atomic E-state index is 13.9. The number of allylic oxidation sites excluding steroid dienone is 1. The number of carbonyl (C=O) groups excluding carboxylic acids is 2. The fourth-order valence-electron chi connectivity index (χ4n) is 8.65. The van der Waals surface area contributed by atoms with Crippen molar-refractivity contribution in [2.24, 2.45) is 39.4 Å². The molecule has 0 saturated heterocycles.